The highest BCUT2D eigenvalue weighted by Crippen LogP contribution is 2.13. The average Bonchev–Trinajstić information content (AvgIpc) is 2.31. The normalized spacial score (nSPS) is 27.2. The van der Waals surface area contributed by atoms with Crippen LogP contribution in [0.4, 0.5) is 0 Å². The van der Waals surface area contributed by atoms with E-state index in [4.69, 9.17) is 16.3 Å². The molecule has 2 atom stereocenters. The lowest BCUT2D eigenvalue weighted by Gasteiger charge is -2.37. The van der Waals surface area contributed by atoms with Gasteiger partial charge in [-0.1, -0.05) is 6.92 Å². The molecule has 0 amide bonds. The third-order valence-corrected chi connectivity index (χ3v) is 5.28. The molecule has 0 aromatic heterocycles. The molecule has 4 nitrogen and oxygen atoms in total. The number of morpholine rings is 1. The number of hydrogen-bond acceptors (Lipinski definition) is 4. The number of rotatable bonds is 6. The zero-order valence-electron chi connectivity index (χ0n) is 10.6. The van der Waals surface area contributed by atoms with Crippen molar-refractivity contribution in [1.29, 1.82) is 0 Å². The summed E-state index contributed by atoms with van der Waals surface area (Å²) in [6, 6.07) is 0.346. The van der Waals surface area contributed by atoms with E-state index in [-0.39, 0.29) is 17.6 Å². The van der Waals surface area contributed by atoms with E-state index >= 15 is 0 Å². The molecular formula is C11H22ClNO3S. The van der Waals surface area contributed by atoms with Gasteiger partial charge in [-0.05, 0) is 19.9 Å². The minimum absolute atomic E-state index is 0.0793. The topological polar surface area (TPSA) is 46.6 Å². The fourth-order valence-electron chi connectivity index (χ4n) is 1.91. The summed E-state index contributed by atoms with van der Waals surface area (Å²) in [5.74, 6) is 1.01. The van der Waals surface area contributed by atoms with Crippen molar-refractivity contribution in [3.8, 4) is 0 Å². The molecule has 102 valence electrons. The molecule has 1 fully saturated rings. The van der Waals surface area contributed by atoms with Crippen molar-refractivity contribution in [3.05, 3.63) is 0 Å². The lowest BCUT2D eigenvalue weighted by atomic mass is 10.2. The minimum Gasteiger partial charge on any atom is -0.374 e. The monoisotopic (exact) mass is 283 g/mol. The van der Waals surface area contributed by atoms with E-state index in [1.165, 1.54) is 0 Å². The number of halogens is 1. The Kier molecular flexibility index (Phi) is 6.20. The standard InChI is InChI=1S/C11H22ClNO3S/c1-3-17(14,15)6-4-5-13-8-11(7-12)16-9-10(13)2/h10-11H,3-9H2,1-2H3. The first-order valence-electron chi connectivity index (χ1n) is 6.10. The molecular weight excluding hydrogens is 262 g/mol. The Bertz CT molecular complexity index is 321. The lowest BCUT2D eigenvalue weighted by Crippen LogP contribution is -2.49. The summed E-state index contributed by atoms with van der Waals surface area (Å²) < 4.78 is 28.3. The van der Waals surface area contributed by atoms with E-state index in [2.05, 4.69) is 11.8 Å². The number of sulfone groups is 1. The maximum Gasteiger partial charge on any atom is 0.150 e. The molecule has 0 N–H and O–H groups in total. The third-order valence-electron chi connectivity index (χ3n) is 3.15. The van der Waals surface area contributed by atoms with Crippen LogP contribution < -0.4 is 0 Å². The molecule has 6 heteroatoms. The largest absolute Gasteiger partial charge is 0.374 e. The van der Waals surface area contributed by atoms with Gasteiger partial charge in [-0.25, -0.2) is 8.42 Å². The molecule has 1 heterocycles. The molecule has 0 spiro atoms. The van der Waals surface area contributed by atoms with Crippen LogP contribution in [0.15, 0.2) is 0 Å². The van der Waals surface area contributed by atoms with E-state index in [1.807, 2.05) is 0 Å². The molecule has 0 saturated carbocycles. The van der Waals surface area contributed by atoms with Crippen LogP contribution in [0.25, 0.3) is 0 Å². The highest BCUT2D eigenvalue weighted by atomic mass is 35.5. The van der Waals surface area contributed by atoms with Crippen LogP contribution in [0.2, 0.25) is 0 Å². The summed E-state index contributed by atoms with van der Waals surface area (Å²) in [5.41, 5.74) is 0. The highest BCUT2D eigenvalue weighted by Gasteiger charge is 2.25. The van der Waals surface area contributed by atoms with Gasteiger partial charge < -0.3 is 4.74 Å². The average molecular weight is 284 g/mol. The summed E-state index contributed by atoms with van der Waals surface area (Å²) >= 11 is 5.77. The van der Waals surface area contributed by atoms with Gasteiger partial charge in [0.2, 0.25) is 0 Å². The molecule has 0 aromatic rings. The van der Waals surface area contributed by atoms with Crippen LogP contribution in [-0.4, -0.2) is 62.5 Å². The van der Waals surface area contributed by atoms with Crippen molar-refractivity contribution in [2.75, 3.05) is 37.1 Å². The smallest absolute Gasteiger partial charge is 0.150 e. The van der Waals surface area contributed by atoms with Crippen LogP contribution in [0.3, 0.4) is 0 Å². The van der Waals surface area contributed by atoms with Gasteiger partial charge in [0.25, 0.3) is 0 Å². The molecule has 17 heavy (non-hydrogen) atoms. The molecule has 2 unspecified atom stereocenters. The van der Waals surface area contributed by atoms with Crippen LogP contribution in [-0.2, 0) is 14.6 Å². The number of hydrogen-bond donors (Lipinski definition) is 0. The van der Waals surface area contributed by atoms with E-state index in [0.29, 0.717) is 24.9 Å². The maximum atomic E-state index is 11.4. The lowest BCUT2D eigenvalue weighted by molar-refractivity contribution is -0.0473. The quantitative estimate of drug-likeness (QED) is 0.686. The van der Waals surface area contributed by atoms with Gasteiger partial charge in [0.05, 0.1) is 18.5 Å². The second kappa shape index (κ2) is 6.92. The molecule has 1 rings (SSSR count). The van der Waals surface area contributed by atoms with Gasteiger partial charge in [0.15, 0.2) is 0 Å². The molecule has 1 saturated heterocycles. The number of nitrogens with zero attached hydrogens (tertiary/aromatic N) is 1. The van der Waals surface area contributed by atoms with Crippen LogP contribution in [0.5, 0.6) is 0 Å². The Morgan fingerprint density at radius 3 is 2.76 bits per heavy atom. The van der Waals surface area contributed by atoms with Crippen LogP contribution in [0.1, 0.15) is 20.3 Å². The molecule has 0 bridgehead atoms. The molecule has 0 aliphatic carbocycles. The van der Waals surface area contributed by atoms with Crippen molar-refractivity contribution in [3.63, 3.8) is 0 Å². The van der Waals surface area contributed by atoms with Crippen molar-refractivity contribution >= 4 is 21.4 Å². The Labute approximate surface area is 109 Å². The summed E-state index contributed by atoms with van der Waals surface area (Å²) in [5, 5.41) is 0. The van der Waals surface area contributed by atoms with Crippen LogP contribution >= 0.6 is 11.6 Å². The summed E-state index contributed by atoms with van der Waals surface area (Å²) in [6.45, 7) is 6.07. The number of ether oxygens (including phenoxy) is 1. The second-order valence-electron chi connectivity index (χ2n) is 4.54. The van der Waals surface area contributed by atoms with E-state index in [1.54, 1.807) is 6.92 Å². The predicted octanol–water partition coefficient (Wildman–Crippen LogP) is 1.14. The Balaban J connectivity index is 2.34. The molecule has 1 aliphatic rings. The van der Waals surface area contributed by atoms with E-state index in [9.17, 15) is 8.42 Å². The van der Waals surface area contributed by atoms with E-state index < -0.39 is 9.84 Å². The maximum absolute atomic E-state index is 11.4. The SMILES string of the molecule is CCS(=O)(=O)CCCN1CC(CCl)OCC1C. The van der Waals surface area contributed by atoms with Gasteiger partial charge in [0, 0.05) is 24.2 Å². The first-order valence-corrected chi connectivity index (χ1v) is 8.46. The molecule has 0 aromatic carbocycles. The Morgan fingerprint density at radius 1 is 1.47 bits per heavy atom. The van der Waals surface area contributed by atoms with Crippen LogP contribution in [0, 0.1) is 0 Å². The minimum atomic E-state index is -2.84. The van der Waals surface area contributed by atoms with Crippen molar-refractivity contribution in [2.45, 2.75) is 32.4 Å². The van der Waals surface area contributed by atoms with Gasteiger partial charge in [-0.15, -0.1) is 11.6 Å². The van der Waals surface area contributed by atoms with Crippen molar-refractivity contribution in [1.82, 2.24) is 4.90 Å². The first-order chi connectivity index (χ1) is 7.98. The summed E-state index contributed by atoms with van der Waals surface area (Å²) in [6.07, 6.45) is 0.769. The number of alkyl halides is 1. The Hall–Kier alpha value is 0.160. The fourth-order valence-corrected chi connectivity index (χ4v) is 2.96. The van der Waals surface area contributed by atoms with Gasteiger partial charge >= 0.3 is 0 Å². The van der Waals surface area contributed by atoms with Gasteiger partial charge in [-0.2, -0.15) is 0 Å². The summed E-state index contributed by atoms with van der Waals surface area (Å²) in [4.78, 5) is 2.27. The van der Waals surface area contributed by atoms with E-state index in [0.717, 1.165) is 13.1 Å². The van der Waals surface area contributed by atoms with Gasteiger partial charge in [0.1, 0.15) is 9.84 Å². The van der Waals surface area contributed by atoms with Crippen molar-refractivity contribution in [2.24, 2.45) is 0 Å². The van der Waals surface area contributed by atoms with Crippen molar-refractivity contribution < 1.29 is 13.2 Å². The highest BCUT2D eigenvalue weighted by molar-refractivity contribution is 7.91. The Morgan fingerprint density at radius 2 is 2.18 bits per heavy atom. The summed E-state index contributed by atoms with van der Waals surface area (Å²) in [7, 11) is -2.84. The molecule has 0 radical (unpaired) electrons. The first kappa shape index (κ1) is 15.2. The fraction of sp³-hybridized carbons (Fsp3) is 1.00. The van der Waals surface area contributed by atoms with Gasteiger partial charge in [-0.3, -0.25) is 4.90 Å². The third kappa shape index (κ3) is 5.12. The molecule has 1 aliphatic heterocycles. The zero-order chi connectivity index (χ0) is 12.9. The second-order valence-corrected chi connectivity index (χ2v) is 7.32. The zero-order valence-corrected chi connectivity index (χ0v) is 12.1. The predicted molar refractivity (Wildman–Crippen MR) is 70.4 cm³/mol.